The Morgan fingerprint density at radius 1 is 1.67 bits per heavy atom. The van der Waals surface area contributed by atoms with Gasteiger partial charge < -0.3 is 5.32 Å². The molecule has 3 heteroatoms. The lowest BCUT2D eigenvalue weighted by molar-refractivity contribution is 0.610. The van der Waals surface area contributed by atoms with E-state index >= 15 is 0 Å². The second-order valence-corrected chi connectivity index (χ2v) is 4.65. The van der Waals surface area contributed by atoms with Crippen molar-refractivity contribution in [2.24, 2.45) is 0 Å². The second kappa shape index (κ2) is 5.62. The average molecular weight is 201 g/mol. The maximum Gasteiger partial charge on any atom is 0.0386 e. The van der Waals surface area contributed by atoms with Crippen molar-refractivity contribution in [2.45, 2.75) is 13.0 Å². The van der Waals surface area contributed by atoms with Crippen molar-refractivity contribution in [1.29, 1.82) is 0 Å². The Balaban J connectivity index is 2.25. The summed E-state index contributed by atoms with van der Waals surface area (Å²) in [4.78, 5) is 1.43. The van der Waals surface area contributed by atoms with Crippen LogP contribution in [0.5, 0.6) is 0 Å². The zero-order valence-corrected chi connectivity index (χ0v) is 9.17. The highest BCUT2D eigenvalue weighted by atomic mass is 32.2. The Bertz CT molecular complexity index is 196. The van der Waals surface area contributed by atoms with Crippen LogP contribution in [0.4, 0.5) is 0 Å². The predicted octanol–water partition coefficient (Wildman–Crippen LogP) is 2.76. The molecule has 0 radical (unpaired) electrons. The molecule has 0 saturated heterocycles. The van der Waals surface area contributed by atoms with E-state index < -0.39 is 0 Å². The Morgan fingerprint density at radius 2 is 2.50 bits per heavy atom. The summed E-state index contributed by atoms with van der Waals surface area (Å²) in [5, 5.41) is 5.60. The number of rotatable bonds is 5. The molecule has 0 aliphatic carbocycles. The first-order chi connectivity index (χ1) is 5.84. The molecule has 12 heavy (non-hydrogen) atoms. The van der Waals surface area contributed by atoms with Gasteiger partial charge in [0.1, 0.15) is 0 Å². The molecular weight excluding hydrogens is 186 g/mol. The molecular formula is C9H15NS2. The summed E-state index contributed by atoms with van der Waals surface area (Å²) >= 11 is 3.70. The van der Waals surface area contributed by atoms with E-state index in [9.17, 15) is 0 Å². The zero-order valence-electron chi connectivity index (χ0n) is 7.54. The van der Waals surface area contributed by atoms with Gasteiger partial charge in [-0.15, -0.1) is 11.3 Å². The molecule has 1 atom stereocenters. The molecule has 0 saturated carbocycles. The minimum atomic E-state index is 0.511. The summed E-state index contributed by atoms with van der Waals surface area (Å²) in [6.07, 6.45) is 2.14. The van der Waals surface area contributed by atoms with Gasteiger partial charge in [0.05, 0.1) is 0 Å². The highest BCUT2D eigenvalue weighted by molar-refractivity contribution is 7.98. The molecule has 0 aliphatic heterocycles. The van der Waals surface area contributed by atoms with Crippen LogP contribution in [0.1, 0.15) is 17.8 Å². The first-order valence-corrected chi connectivity index (χ1v) is 6.37. The van der Waals surface area contributed by atoms with Crippen LogP contribution in [0.3, 0.4) is 0 Å². The number of thioether (sulfide) groups is 1. The Hall–Kier alpha value is 0.01000. The molecule has 0 aromatic carbocycles. The van der Waals surface area contributed by atoms with E-state index in [-0.39, 0.29) is 0 Å². The van der Waals surface area contributed by atoms with E-state index in [0.717, 1.165) is 6.54 Å². The van der Waals surface area contributed by atoms with Crippen LogP contribution in [0.25, 0.3) is 0 Å². The molecule has 1 aromatic rings. The molecule has 1 unspecified atom stereocenters. The van der Waals surface area contributed by atoms with Crippen LogP contribution in [0.15, 0.2) is 17.5 Å². The van der Waals surface area contributed by atoms with Gasteiger partial charge in [-0.25, -0.2) is 0 Å². The molecule has 1 nitrogen and oxygen atoms in total. The van der Waals surface area contributed by atoms with Gasteiger partial charge in [0.15, 0.2) is 0 Å². The fourth-order valence-corrected chi connectivity index (χ4v) is 2.10. The normalized spacial score (nSPS) is 13.2. The van der Waals surface area contributed by atoms with Gasteiger partial charge in [0, 0.05) is 23.2 Å². The van der Waals surface area contributed by atoms with Gasteiger partial charge in [-0.1, -0.05) is 6.07 Å². The number of thiophene rings is 1. The third-order valence-corrected chi connectivity index (χ3v) is 3.39. The van der Waals surface area contributed by atoms with Crippen molar-refractivity contribution in [1.82, 2.24) is 5.32 Å². The summed E-state index contributed by atoms with van der Waals surface area (Å²) < 4.78 is 0. The van der Waals surface area contributed by atoms with Crippen LogP contribution in [-0.2, 0) is 0 Å². The molecule has 68 valence electrons. The Labute approximate surface area is 82.6 Å². The van der Waals surface area contributed by atoms with Crippen molar-refractivity contribution in [3.63, 3.8) is 0 Å². The quantitative estimate of drug-likeness (QED) is 0.735. The van der Waals surface area contributed by atoms with Crippen LogP contribution in [0, 0.1) is 0 Å². The summed E-state index contributed by atoms with van der Waals surface area (Å²) in [5.74, 6) is 1.19. The lowest BCUT2D eigenvalue weighted by Gasteiger charge is -2.10. The first kappa shape index (κ1) is 10.1. The smallest absolute Gasteiger partial charge is 0.0386 e. The molecule has 0 bridgehead atoms. The fraction of sp³-hybridized carbons (Fsp3) is 0.556. The lowest BCUT2D eigenvalue weighted by atomic mass is 10.3. The SMILES string of the molecule is CSCCNC(C)c1cccs1. The standard InChI is InChI=1S/C9H15NS2/c1-8(10-5-7-11-2)9-4-3-6-12-9/h3-4,6,8,10H,5,7H2,1-2H3. The minimum Gasteiger partial charge on any atom is -0.309 e. The maximum atomic E-state index is 3.48. The molecule has 1 heterocycles. The summed E-state index contributed by atoms with van der Waals surface area (Å²) in [7, 11) is 0. The van der Waals surface area contributed by atoms with E-state index in [2.05, 4.69) is 36.0 Å². The van der Waals surface area contributed by atoms with E-state index in [1.807, 2.05) is 23.1 Å². The van der Waals surface area contributed by atoms with Crippen LogP contribution in [0.2, 0.25) is 0 Å². The Morgan fingerprint density at radius 3 is 3.08 bits per heavy atom. The second-order valence-electron chi connectivity index (χ2n) is 2.68. The van der Waals surface area contributed by atoms with Crippen LogP contribution in [-0.4, -0.2) is 18.6 Å². The predicted molar refractivity (Wildman–Crippen MR) is 59.1 cm³/mol. The van der Waals surface area contributed by atoms with Gasteiger partial charge in [0.25, 0.3) is 0 Å². The van der Waals surface area contributed by atoms with E-state index in [0.29, 0.717) is 6.04 Å². The van der Waals surface area contributed by atoms with Crippen LogP contribution < -0.4 is 5.32 Å². The van der Waals surface area contributed by atoms with E-state index in [1.165, 1.54) is 10.6 Å². The number of nitrogens with one attached hydrogen (secondary N) is 1. The Kier molecular flexibility index (Phi) is 4.73. The van der Waals surface area contributed by atoms with Gasteiger partial charge in [-0.05, 0) is 24.6 Å². The first-order valence-electron chi connectivity index (χ1n) is 4.10. The molecule has 1 rings (SSSR count). The van der Waals surface area contributed by atoms with Crippen molar-refractivity contribution in [3.05, 3.63) is 22.4 Å². The highest BCUT2D eigenvalue weighted by Crippen LogP contribution is 2.17. The topological polar surface area (TPSA) is 12.0 Å². The molecule has 0 aliphatic rings. The third-order valence-electron chi connectivity index (χ3n) is 1.73. The molecule has 1 aromatic heterocycles. The number of hydrogen-bond acceptors (Lipinski definition) is 3. The largest absolute Gasteiger partial charge is 0.309 e. The van der Waals surface area contributed by atoms with Crippen molar-refractivity contribution >= 4 is 23.1 Å². The number of hydrogen-bond donors (Lipinski definition) is 1. The monoisotopic (exact) mass is 201 g/mol. The van der Waals surface area contributed by atoms with Crippen molar-refractivity contribution < 1.29 is 0 Å². The van der Waals surface area contributed by atoms with Crippen molar-refractivity contribution in [3.8, 4) is 0 Å². The van der Waals surface area contributed by atoms with E-state index in [4.69, 9.17) is 0 Å². The zero-order chi connectivity index (χ0) is 8.81. The van der Waals surface area contributed by atoms with Crippen molar-refractivity contribution in [2.75, 3.05) is 18.6 Å². The summed E-state index contributed by atoms with van der Waals surface area (Å²) in [5.41, 5.74) is 0. The molecule has 0 amide bonds. The molecule has 1 N–H and O–H groups in total. The van der Waals surface area contributed by atoms with Crippen LogP contribution >= 0.6 is 23.1 Å². The summed E-state index contributed by atoms with van der Waals surface area (Å²) in [6.45, 7) is 3.31. The lowest BCUT2D eigenvalue weighted by Crippen LogP contribution is -2.20. The minimum absolute atomic E-state index is 0.511. The third kappa shape index (κ3) is 3.17. The van der Waals surface area contributed by atoms with Gasteiger partial charge >= 0.3 is 0 Å². The fourth-order valence-electron chi connectivity index (χ4n) is 1.02. The highest BCUT2D eigenvalue weighted by Gasteiger charge is 2.03. The average Bonchev–Trinajstić information content (AvgIpc) is 2.56. The van der Waals surface area contributed by atoms with Gasteiger partial charge in [-0.2, -0.15) is 11.8 Å². The van der Waals surface area contributed by atoms with E-state index in [1.54, 1.807) is 0 Å². The maximum absolute atomic E-state index is 3.48. The molecule has 0 spiro atoms. The van der Waals surface area contributed by atoms with Gasteiger partial charge in [-0.3, -0.25) is 0 Å². The summed E-state index contributed by atoms with van der Waals surface area (Å²) in [6, 6.07) is 4.80. The van der Waals surface area contributed by atoms with Gasteiger partial charge in [0.2, 0.25) is 0 Å². The molecule has 0 fully saturated rings.